The van der Waals surface area contributed by atoms with Crippen molar-refractivity contribution in [2.24, 2.45) is 4.99 Å². The summed E-state index contributed by atoms with van der Waals surface area (Å²) in [4.78, 5) is 8.14. The molecule has 0 bridgehead atoms. The van der Waals surface area contributed by atoms with Crippen molar-refractivity contribution in [2.45, 2.75) is 13.1 Å². The van der Waals surface area contributed by atoms with Gasteiger partial charge in [0.25, 0.3) is 0 Å². The number of methoxy groups -OCH3 is 1. The van der Waals surface area contributed by atoms with Crippen LogP contribution in [-0.2, 0) is 13.1 Å². The summed E-state index contributed by atoms with van der Waals surface area (Å²) in [6.45, 7) is 0.617. The average molecular weight is 448 g/mol. The number of hydrogen-bond donors (Lipinski definition) is 2. The van der Waals surface area contributed by atoms with E-state index in [1.165, 1.54) is 0 Å². The molecule has 0 aliphatic rings. The van der Waals surface area contributed by atoms with Crippen LogP contribution in [0.1, 0.15) is 11.1 Å². The minimum atomic E-state index is -0.476. The molecular formula is C16H19F2IN4O. The van der Waals surface area contributed by atoms with Gasteiger partial charge in [0, 0.05) is 38.0 Å². The number of guanidine groups is 1. The van der Waals surface area contributed by atoms with Crippen molar-refractivity contribution in [1.29, 1.82) is 0 Å². The Morgan fingerprint density at radius 1 is 1.17 bits per heavy atom. The SMILES string of the molecule is CN=C(NCc1ccc(OC)nc1)NCc1cc(F)ccc1F.I. The zero-order chi connectivity index (χ0) is 16.7. The smallest absolute Gasteiger partial charge is 0.212 e. The minimum absolute atomic E-state index is 0. The van der Waals surface area contributed by atoms with Gasteiger partial charge in [0.2, 0.25) is 5.88 Å². The van der Waals surface area contributed by atoms with E-state index in [0.29, 0.717) is 18.4 Å². The lowest BCUT2D eigenvalue weighted by molar-refractivity contribution is 0.397. The summed E-state index contributed by atoms with van der Waals surface area (Å²) >= 11 is 0. The first-order valence-electron chi connectivity index (χ1n) is 6.99. The predicted octanol–water partition coefficient (Wildman–Crippen LogP) is 2.85. The number of pyridine rings is 1. The Morgan fingerprint density at radius 3 is 2.54 bits per heavy atom. The Balaban J connectivity index is 0.00000288. The van der Waals surface area contributed by atoms with Crippen molar-refractivity contribution in [3.63, 3.8) is 0 Å². The highest BCUT2D eigenvalue weighted by molar-refractivity contribution is 14.0. The van der Waals surface area contributed by atoms with E-state index in [1.807, 2.05) is 6.07 Å². The zero-order valence-corrected chi connectivity index (χ0v) is 15.7. The largest absolute Gasteiger partial charge is 0.481 e. The molecule has 1 aromatic carbocycles. The lowest BCUT2D eigenvalue weighted by Gasteiger charge is -2.12. The van der Waals surface area contributed by atoms with Gasteiger partial charge in [0.15, 0.2) is 5.96 Å². The molecule has 1 heterocycles. The monoisotopic (exact) mass is 448 g/mol. The molecule has 0 aliphatic heterocycles. The number of ether oxygens (including phenoxy) is 1. The summed E-state index contributed by atoms with van der Waals surface area (Å²) in [7, 11) is 3.15. The van der Waals surface area contributed by atoms with Gasteiger partial charge in [-0.25, -0.2) is 13.8 Å². The van der Waals surface area contributed by atoms with E-state index >= 15 is 0 Å². The van der Waals surface area contributed by atoms with Crippen LogP contribution in [-0.4, -0.2) is 25.1 Å². The number of halogens is 3. The highest BCUT2D eigenvalue weighted by atomic mass is 127. The molecule has 2 aromatic rings. The number of aromatic nitrogens is 1. The van der Waals surface area contributed by atoms with Gasteiger partial charge >= 0.3 is 0 Å². The van der Waals surface area contributed by atoms with Crippen molar-refractivity contribution >= 4 is 29.9 Å². The van der Waals surface area contributed by atoms with Crippen molar-refractivity contribution in [2.75, 3.05) is 14.2 Å². The van der Waals surface area contributed by atoms with Gasteiger partial charge in [0.1, 0.15) is 11.6 Å². The lowest BCUT2D eigenvalue weighted by atomic mass is 10.2. The fraction of sp³-hybridized carbons (Fsp3) is 0.250. The highest BCUT2D eigenvalue weighted by Gasteiger charge is 2.05. The van der Waals surface area contributed by atoms with Gasteiger partial charge in [-0.2, -0.15) is 0 Å². The number of nitrogens with zero attached hydrogens (tertiary/aromatic N) is 2. The first-order valence-corrected chi connectivity index (χ1v) is 6.99. The molecule has 0 radical (unpaired) electrons. The zero-order valence-electron chi connectivity index (χ0n) is 13.3. The van der Waals surface area contributed by atoms with E-state index in [2.05, 4.69) is 20.6 Å². The van der Waals surface area contributed by atoms with E-state index in [4.69, 9.17) is 4.74 Å². The summed E-state index contributed by atoms with van der Waals surface area (Å²) in [5, 5.41) is 6.00. The fourth-order valence-corrected chi connectivity index (χ4v) is 1.90. The van der Waals surface area contributed by atoms with Gasteiger partial charge in [-0.3, -0.25) is 4.99 Å². The Labute approximate surface area is 156 Å². The Bertz CT molecular complexity index is 680. The van der Waals surface area contributed by atoms with Crippen LogP contribution < -0.4 is 15.4 Å². The highest BCUT2D eigenvalue weighted by Crippen LogP contribution is 2.09. The predicted molar refractivity (Wildman–Crippen MR) is 99.6 cm³/mol. The summed E-state index contributed by atoms with van der Waals surface area (Å²) in [5.41, 5.74) is 1.17. The number of rotatable bonds is 5. The molecule has 0 spiro atoms. The Morgan fingerprint density at radius 2 is 1.92 bits per heavy atom. The van der Waals surface area contributed by atoms with Crippen LogP contribution >= 0.6 is 24.0 Å². The van der Waals surface area contributed by atoms with Crippen LogP contribution in [0.5, 0.6) is 5.88 Å². The lowest BCUT2D eigenvalue weighted by Crippen LogP contribution is -2.36. The fourth-order valence-electron chi connectivity index (χ4n) is 1.90. The summed E-state index contributed by atoms with van der Waals surface area (Å²) < 4.78 is 31.7. The van der Waals surface area contributed by atoms with E-state index in [0.717, 1.165) is 23.8 Å². The first kappa shape index (κ1) is 20.1. The first-order chi connectivity index (χ1) is 11.1. The third-order valence-corrected chi connectivity index (χ3v) is 3.14. The normalized spacial score (nSPS) is 10.8. The molecule has 0 saturated carbocycles. The Hall–Kier alpha value is -1.97. The van der Waals surface area contributed by atoms with Crippen molar-refractivity contribution in [1.82, 2.24) is 15.6 Å². The second-order valence-electron chi connectivity index (χ2n) is 4.72. The summed E-state index contributed by atoms with van der Waals surface area (Å²) in [5.74, 6) is 0.0754. The van der Waals surface area contributed by atoms with Crippen LogP contribution in [0.4, 0.5) is 8.78 Å². The van der Waals surface area contributed by atoms with Crippen molar-refractivity contribution < 1.29 is 13.5 Å². The van der Waals surface area contributed by atoms with E-state index in [1.54, 1.807) is 26.4 Å². The third-order valence-electron chi connectivity index (χ3n) is 3.14. The molecular weight excluding hydrogens is 429 g/mol. The maximum absolute atomic E-state index is 13.6. The standard InChI is InChI=1S/C16H18F2N4O.HI/c1-19-16(21-9-11-3-6-15(23-2)20-8-11)22-10-12-7-13(17)4-5-14(12)18;/h3-8H,9-10H2,1-2H3,(H2,19,21,22);1H. The molecule has 8 heteroatoms. The van der Waals surface area contributed by atoms with Crippen molar-refractivity contribution in [3.8, 4) is 5.88 Å². The number of hydrogen-bond acceptors (Lipinski definition) is 3. The molecule has 0 saturated heterocycles. The van der Waals surface area contributed by atoms with Crippen LogP contribution in [0.3, 0.4) is 0 Å². The second-order valence-corrected chi connectivity index (χ2v) is 4.72. The molecule has 0 atom stereocenters. The van der Waals surface area contributed by atoms with E-state index < -0.39 is 11.6 Å². The number of benzene rings is 1. The van der Waals surface area contributed by atoms with E-state index in [9.17, 15) is 8.78 Å². The van der Waals surface area contributed by atoms with Crippen LogP contribution in [0.15, 0.2) is 41.5 Å². The molecule has 130 valence electrons. The van der Waals surface area contributed by atoms with Gasteiger partial charge in [-0.05, 0) is 23.8 Å². The van der Waals surface area contributed by atoms with Gasteiger partial charge < -0.3 is 15.4 Å². The quantitative estimate of drug-likeness (QED) is 0.420. The maximum Gasteiger partial charge on any atom is 0.212 e. The van der Waals surface area contributed by atoms with Crippen molar-refractivity contribution in [3.05, 3.63) is 59.3 Å². The molecule has 0 fully saturated rings. The third kappa shape index (κ3) is 5.91. The van der Waals surface area contributed by atoms with E-state index in [-0.39, 0.29) is 36.1 Å². The molecule has 0 amide bonds. The Kier molecular flexibility index (Phi) is 8.37. The number of aliphatic imine (C=N–C) groups is 1. The van der Waals surface area contributed by atoms with Gasteiger partial charge in [-0.15, -0.1) is 24.0 Å². The van der Waals surface area contributed by atoms with Crippen LogP contribution in [0.25, 0.3) is 0 Å². The molecule has 1 aromatic heterocycles. The topological polar surface area (TPSA) is 58.5 Å². The summed E-state index contributed by atoms with van der Waals surface area (Å²) in [6.07, 6.45) is 1.69. The van der Waals surface area contributed by atoms with Crippen LogP contribution in [0, 0.1) is 11.6 Å². The second kappa shape index (κ2) is 10.0. The maximum atomic E-state index is 13.6. The molecule has 2 rings (SSSR count). The molecule has 0 aliphatic carbocycles. The summed E-state index contributed by atoms with van der Waals surface area (Å²) in [6, 6.07) is 6.98. The molecule has 0 unspecified atom stereocenters. The number of nitrogens with one attached hydrogen (secondary N) is 2. The molecule has 5 nitrogen and oxygen atoms in total. The van der Waals surface area contributed by atoms with Gasteiger partial charge in [0.05, 0.1) is 7.11 Å². The van der Waals surface area contributed by atoms with Gasteiger partial charge in [-0.1, -0.05) is 6.07 Å². The molecule has 24 heavy (non-hydrogen) atoms. The molecule has 2 N–H and O–H groups in total. The van der Waals surface area contributed by atoms with Crippen LogP contribution in [0.2, 0.25) is 0 Å². The minimum Gasteiger partial charge on any atom is -0.481 e. The average Bonchev–Trinajstić information content (AvgIpc) is 2.58.